The molecular formula is C18H18N2O6. The first kappa shape index (κ1) is 20.3. The zero-order chi connectivity index (χ0) is 19.7. The Morgan fingerprint density at radius 1 is 0.615 bits per heavy atom. The van der Waals surface area contributed by atoms with Crippen LogP contribution >= 0.6 is 0 Å². The van der Waals surface area contributed by atoms with Gasteiger partial charge >= 0.3 is 0 Å². The summed E-state index contributed by atoms with van der Waals surface area (Å²) in [4.78, 5) is 0. The highest BCUT2D eigenvalue weighted by molar-refractivity contribution is 5.56. The summed E-state index contributed by atoms with van der Waals surface area (Å²) in [5.41, 5.74) is 0.762. The van der Waals surface area contributed by atoms with Crippen molar-refractivity contribution >= 4 is 0 Å². The van der Waals surface area contributed by atoms with Crippen molar-refractivity contribution in [1.82, 2.24) is 0 Å². The minimum Gasteiger partial charge on any atom is -0.502 e. The van der Waals surface area contributed by atoms with Crippen LogP contribution in [0, 0.1) is 22.7 Å². The van der Waals surface area contributed by atoms with E-state index in [1.54, 1.807) is 0 Å². The van der Waals surface area contributed by atoms with Crippen LogP contribution in [0.3, 0.4) is 0 Å². The predicted octanol–water partition coefficient (Wildman–Crippen LogP) is 2.56. The molecule has 0 aliphatic rings. The van der Waals surface area contributed by atoms with Crippen molar-refractivity contribution in [2.24, 2.45) is 0 Å². The van der Waals surface area contributed by atoms with E-state index in [4.69, 9.17) is 29.5 Å². The van der Waals surface area contributed by atoms with Gasteiger partial charge in [-0.2, -0.15) is 10.5 Å². The molecule has 0 fully saturated rings. The van der Waals surface area contributed by atoms with Crippen molar-refractivity contribution in [1.29, 1.82) is 10.5 Å². The average Bonchev–Trinajstić information content (AvgIpc) is 2.68. The zero-order valence-corrected chi connectivity index (χ0v) is 14.7. The molecule has 0 amide bonds. The van der Waals surface area contributed by atoms with Crippen molar-refractivity contribution in [3.8, 4) is 46.6 Å². The van der Waals surface area contributed by atoms with E-state index >= 15 is 0 Å². The van der Waals surface area contributed by atoms with Crippen LogP contribution in [0.1, 0.15) is 11.1 Å². The highest BCUT2D eigenvalue weighted by Crippen LogP contribution is 2.37. The summed E-state index contributed by atoms with van der Waals surface area (Å²) in [6.45, 7) is 0. The molecule has 0 spiro atoms. The lowest BCUT2D eigenvalue weighted by molar-refractivity contribution is 0.339. The Balaban J connectivity index is 0.000000260. The standard InChI is InChI=1S/2C9H9NO3/c2*1-12-7-3-6(5-10)4-8(13-2)9(7)11/h2*3-4,11H,1-2H3. The zero-order valence-electron chi connectivity index (χ0n) is 14.7. The quantitative estimate of drug-likeness (QED) is 0.854. The molecule has 0 atom stereocenters. The van der Waals surface area contributed by atoms with Gasteiger partial charge in [0, 0.05) is 24.3 Å². The molecule has 26 heavy (non-hydrogen) atoms. The maximum Gasteiger partial charge on any atom is 0.200 e. The topological polar surface area (TPSA) is 125 Å². The summed E-state index contributed by atoms with van der Waals surface area (Å²) in [6.07, 6.45) is 0. The van der Waals surface area contributed by atoms with Crippen LogP contribution in [0.2, 0.25) is 0 Å². The van der Waals surface area contributed by atoms with E-state index in [-0.39, 0.29) is 34.5 Å². The van der Waals surface area contributed by atoms with Gasteiger partial charge in [0.1, 0.15) is 0 Å². The second-order valence-electron chi connectivity index (χ2n) is 4.68. The Morgan fingerprint density at radius 2 is 0.846 bits per heavy atom. The number of rotatable bonds is 4. The van der Waals surface area contributed by atoms with Gasteiger partial charge in [0.05, 0.1) is 51.7 Å². The number of ether oxygens (including phenoxy) is 4. The van der Waals surface area contributed by atoms with Gasteiger partial charge in [0.2, 0.25) is 11.5 Å². The third kappa shape index (κ3) is 4.62. The Kier molecular flexibility index (Phi) is 7.40. The Hall–Kier alpha value is -3.78. The van der Waals surface area contributed by atoms with E-state index in [1.165, 1.54) is 52.7 Å². The molecule has 2 rings (SSSR count). The normalized spacial score (nSPS) is 9.00. The van der Waals surface area contributed by atoms with Crippen molar-refractivity contribution in [3.05, 3.63) is 35.4 Å². The lowest BCUT2D eigenvalue weighted by Gasteiger charge is -2.07. The summed E-state index contributed by atoms with van der Waals surface area (Å²) in [5.74, 6) is 0.742. The molecule has 0 heterocycles. The average molecular weight is 358 g/mol. The van der Waals surface area contributed by atoms with E-state index in [9.17, 15) is 10.2 Å². The molecular weight excluding hydrogens is 340 g/mol. The Bertz CT molecular complexity index is 730. The fraction of sp³-hybridized carbons (Fsp3) is 0.222. The first-order valence-electron chi connectivity index (χ1n) is 7.15. The fourth-order valence-electron chi connectivity index (χ4n) is 1.92. The molecule has 8 nitrogen and oxygen atoms in total. The first-order chi connectivity index (χ1) is 12.4. The number of aromatic hydroxyl groups is 2. The largest absolute Gasteiger partial charge is 0.502 e. The van der Waals surface area contributed by atoms with Gasteiger partial charge in [-0.1, -0.05) is 0 Å². The van der Waals surface area contributed by atoms with E-state index in [0.717, 1.165) is 0 Å². The number of nitriles is 2. The molecule has 0 saturated carbocycles. The van der Waals surface area contributed by atoms with E-state index in [1.807, 2.05) is 12.1 Å². The number of nitrogens with zero attached hydrogens (tertiary/aromatic N) is 2. The van der Waals surface area contributed by atoms with Crippen LogP contribution < -0.4 is 18.9 Å². The van der Waals surface area contributed by atoms with Crippen molar-refractivity contribution in [2.45, 2.75) is 0 Å². The lowest BCUT2D eigenvalue weighted by atomic mass is 10.2. The SMILES string of the molecule is COc1cc(C#N)cc(OC)c1O.COc1cc(C#N)cc(OC)c1O. The molecule has 136 valence electrons. The highest BCUT2D eigenvalue weighted by Gasteiger charge is 2.11. The summed E-state index contributed by atoms with van der Waals surface area (Å²) in [5, 5.41) is 36.2. The van der Waals surface area contributed by atoms with Crippen molar-refractivity contribution in [3.63, 3.8) is 0 Å². The minimum atomic E-state index is -0.0935. The van der Waals surface area contributed by atoms with Crippen LogP contribution in [-0.2, 0) is 0 Å². The number of phenolic OH excluding ortho intramolecular Hbond substituents is 2. The number of phenols is 2. The van der Waals surface area contributed by atoms with Gasteiger partial charge < -0.3 is 29.2 Å². The lowest BCUT2D eigenvalue weighted by Crippen LogP contribution is -1.90. The van der Waals surface area contributed by atoms with Crippen LogP contribution in [0.5, 0.6) is 34.5 Å². The minimum absolute atomic E-state index is 0.0935. The maximum atomic E-state index is 9.45. The summed E-state index contributed by atoms with van der Waals surface area (Å²) in [6, 6.07) is 9.63. The monoisotopic (exact) mass is 358 g/mol. The fourth-order valence-corrected chi connectivity index (χ4v) is 1.92. The molecule has 2 aromatic rings. The van der Waals surface area contributed by atoms with Crippen LogP contribution in [-0.4, -0.2) is 38.7 Å². The Labute approximate surface area is 151 Å². The molecule has 0 unspecified atom stereocenters. The van der Waals surface area contributed by atoms with Gasteiger partial charge in [-0.05, 0) is 0 Å². The molecule has 0 radical (unpaired) electrons. The highest BCUT2D eigenvalue weighted by atomic mass is 16.5. The van der Waals surface area contributed by atoms with E-state index in [0.29, 0.717) is 11.1 Å². The van der Waals surface area contributed by atoms with Crippen LogP contribution in [0.4, 0.5) is 0 Å². The predicted molar refractivity (Wildman–Crippen MR) is 91.9 cm³/mol. The Morgan fingerprint density at radius 3 is 1.00 bits per heavy atom. The molecule has 8 heteroatoms. The molecule has 2 N–H and O–H groups in total. The second-order valence-corrected chi connectivity index (χ2v) is 4.68. The van der Waals surface area contributed by atoms with Crippen LogP contribution in [0.15, 0.2) is 24.3 Å². The third-order valence-electron chi connectivity index (χ3n) is 3.22. The smallest absolute Gasteiger partial charge is 0.200 e. The molecule has 0 aliphatic carbocycles. The second kappa shape index (κ2) is 9.50. The number of benzene rings is 2. The maximum absolute atomic E-state index is 9.45. The molecule has 0 aliphatic heterocycles. The summed E-state index contributed by atoms with van der Waals surface area (Å²) in [7, 11) is 5.65. The first-order valence-corrected chi connectivity index (χ1v) is 7.15. The van der Waals surface area contributed by atoms with Gasteiger partial charge in [0.25, 0.3) is 0 Å². The van der Waals surface area contributed by atoms with Gasteiger partial charge in [-0.3, -0.25) is 0 Å². The van der Waals surface area contributed by atoms with Crippen molar-refractivity contribution < 1.29 is 29.2 Å². The third-order valence-corrected chi connectivity index (χ3v) is 3.22. The van der Waals surface area contributed by atoms with E-state index in [2.05, 4.69) is 0 Å². The van der Waals surface area contributed by atoms with Crippen LogP contribution in [0.25, 0.3) is 0 Å². The number of hydrogen-bond acceptors (Lipinski definition) is 8. The number of hydrogen-bond donors (Lipinski definition) is 2. The molecule has 2 aromatic carbocycles. The van der Waals surface area contributed by atoms with Gasteiger partial charge in [0.15, 0.2) is 23.0 Å². The number of methoxy groups -OCH3 is 4. The summed E-state index contributed by atoms with van der Waals surface area (Å²) < 4.78 is 19.4. The molecule has 0 bridgehead atoms. The van der Waals surface area contributed by atoms with Crippen molar-refractivity contribution in [2.75, 3.05) is 28.4 Å². The molecule has 0 aromatic heterocycles. The molecule has 0 saturated heterocycles. The van der Waals surface area contributed by atoms with Gasteiger partial charge in [-0.15, -0.1) is 0 Å². The van der Waals surface area contributed by atoms with Gasteiger partial charge in [-0.25, -0.2) is 0 Å². The van der Waals surface area contributed by atoms with E-state index < -0.39 is 0 Å². The summed E-state index contributed by atoms with van der Waals surface area (Å²) >= 11 is 0.